The summed E-state index contributed by atoms with van der Waals surface area (Å²) in [6, 6.07) is 1.50. The molecule has 3 rings (SSSR count). The van der Waals surface area contributed by atoms with Crippen LogP contribution in [0.3, 0.4) is 0 Å². The van der Waals surface area contributed by atoms with Crippen molar-refractivity contribution in [1.29, 1.82) is 0 Å². The number of nitrogens with zero attached hydrogens (tertiary/aromatic N) is 3. The minimum Gasteiger partial charge on any atom is -0.379 e. The first kappa shape index (κ1) is 19.9. The molecule has 0 radical (unpaired) electrons. The summed E-state index contributed by atoms with van der Waals surface area (Å²) in [6.07, 6.45) is 6.99. The third-order valence-electron chi connectivity index (χ3n) is 6.38. The highest BCUT2D eigenvalue weighted by molar-refractivity contribution is 5.80. The van der Waals surface area contributed by atoms with Gasteiger partial charge in [0.2, 0.25) is 0 Å². The van der Waals surface area contributed by atoms with Gasteiger partial charge in [-0.2, -0.15) is 0 Å². The highest BCUT2D eigenvalue weighted by Gasteiger charge is 2.27. The highest BCUT2D eigenvalue weighted by Crippen LogP contribution is 2.26. The molecule has 0 spiro atoms. The summed E-state index contributed by atoms with van der Waals surface area (Å²) < 4.78 is 5.55. The predicted molar refractivity (Wildman–Crippen MR) is 108 cm³/mol. The van der Waals surface area contributed by atoms with Crippen LogP contribution < -0.4 is 10.6 Å². The van der Waals surface area contributed by atoms with E-state index in [1.165, 1.54) is 45.2 Å². The van der Waals surface area contributed by atoms with Gasteiger partial charge in [-0.15, -0.1) is 0 Å². The maximum atomic E-state index is 5.55. The Balaban J connectivity index is 1.37. The Morgan fingerprint density at radius 3 is 2.77 bits per heavy atom. The summed E-state index contributed by atoms with van der Waals surface area (Å²) in [6.45, 7) is 11.9. The van der Waals surface area contributed by atoms with E-state index in [9.17, 15) is 0 Å². The molecule has 0 amide bonds. The number of nitrogens with one attached hydrogen (secondary N) is 2. The second kappa shape index (κ2) is 9.90. The third kappa shape index (κ3) is 5.57. The van der Waals surface area contributed by atoms with E-state index >= 15 is 0 Å². The number of guanidine groups is 1. The molecule has 2 aliphatic heterocycles. The van der Waals surface area contributed by atoms with Crippen molar-refractivity contribution >= 4 is 5.96 Å². The van der Waals surface area contributed by atoms with Crippen molar-refractivity contribution in [3.05, 3.63) is 0 Å². The molecule has 0 aromatic heterocycles. The summed E-state index contributed by atoms with van der Waals surface area (Å²) in [7, 11) is 1.88. The van der Waals surface area contributed by atoms with E-state index in [0.717, 1.165) is 44.7 Å². The number of hydrogen-bond acceptors (Lipinski definition) is 4. The van der Waals surface area contributed by atoms with E-state index in [2.05, 4.69) is 39.3 Å². The van der Waals surface area contributed by atoms with E-state index in [1.54, 1.807) is 0 Å². The van der Waals surface area contributed by atoms with Crippen molar-refractivity contribution < 1.29 is 4.74 Å². The summed E-state index contributed by atoms with van der Waals surface area (Å²) in [5.74, 6) is 1.90. The van der Waals surface area contributed by atoms with Gasteiger partial charge in [-0.1, -0.05) is 12.8 Å². The molecule has 3 atom stereocenters. The lowest BCUT2D eigenvalue weighted by atomic mass is 10.1. The molecule has 0 bridgehead atoms. The fourth-order valence-electron chi connectivity index (χ4n) is 4.82. The van der Waals surface area contributed by atoms with Gasteiger partial charge >= 0.3 is 0 Å². The molecule has 1 saturated carbocycles. The molecule has 3 aliphatic rings. The van der Waals surface area contributed by atoms with Gasteiger partial charge in [0.25, 0.3) is 0 Å². The first-order chi connectivity index (χ1) is 12.7. The zero-order valence-corrected chi connectivity index (χ0v) is 17.0. The third-order valence-corrected chi connectivity index (χ3v) is 6.38. The largest absolute Gasteiger partial charge is 0.379 e. The van der Waals surface area contributed by atoms with Crippen LogP contribution in [-0.2, 0) is 4.74 Å². The summed E-state index contributed by atoms with van der Waals surface area (Å²) in [5, 5.41) is 7.18. The van der Waals surface area contributed by atoms with Crippen LogP contribution in [0.25, 0.3) is 0 Å². The van der Waals surface area contributed by atoms with Gasteiger partial charge in [0.15, 0.2) is 5.96 Å². The van der Waals surface area contributed by atoms with Crippen LogP contribution in [0.2, 0.25) is 0 Å². The molecule has 1 aliphatic carbocycles. The van der Waals surface area contributed by atoms with E-state index in [-0.39, 0.29) is 0 Å². The molecule has 6 nitrogen and oxygen atoms in total. The van der Waals surface area contributed by atoms with Crippen LogP contribution in [-0.4, -0.2) is 86.9 Å². The van der Waals surface area contributed by atoms with Crippen LogP contribution >= 0.6 is 0 Å². The average molecular weight is 366 g/mol. The van der Waals surface area contributed by atoms with Gasteiger partial charge in [0.05, 0.1) is 13.2 Å². The molecule has 26 heavy (non-hydrogen) atoms. The Morgan fingerprint density at radius 2 is 2.04 bits per heavy atom. The van der Waals surface area contributed by atoms with E-state index in [1.807, 2.05) is 7.05 Å². The van der Waals surface area contributed by atoms with E-state index in [0.29, 0.717) is 18.1 Å². The van der Waals surface area contributed by atoms with Crippen LogP contribution in [0.1, 0.15) is 46.0 Å². The minimum absolute atomic E-state index is 0.481. The second-order valence-electron chi connectivity index (χ2n) is 8.50. The summed E-state index contributed by atoms with van der Waals surface area (Å²) in [4.78, 5) is 9.63. The lowest BCUT2D eigenvalue weighted by Gasteiger charge is -2.38. The first-order valence-corrected chi connectivity index (χ1v) is 10.7. The number of rotatable bonds is 6. The Morgan fingerprint density at radius 1 is 1.23 bits per heavy atom. The zero-order chi connectivity index (χ0) is 18.4. The van der Waals surface area contributed by atoms with Crippen LogP contribution in [0.4, 0.5) is 0 Å². The van der Waals surface area contributed by atoms with Crippen molar-refractivity contribution in [2.45, 2.75) is 64.1 Å². The summed E-state index contributed by atoms with van der Waals surface area (Å²) in [5.41, 5.74) is 0. The van der Waals surface area contributed by atoms with Gasteiger partial charge in [0, 0.05) is 57.9 Å². The molecule has 3 unspecified atom stereocenters. The van der Waals surface area contributed by atoms with Crippen LogP contribution in [0.5, 0.6) is 0 Å². The molecule has 0 aromatic rings. The van der Waals surface area contributed by atoms with Gasteiger partial charge < -0.3 is 20.3 Å². The minimum atomic E-state index is 0.481. The highest BCUT2D eigenvalue weighted by atomic mass is 16.5. The standard InChI is InChI=1S/C20H39N5O/c1-16(25-10-11-26-15-17(25)2)12-22-20(21-3)23-19-8-9-24(14-19)13-18-6-4-5-7-18/h16-19H,4-15H2,1-3H3,(H2,21,22,23). The van der Waals surface area contributed by atoms with Gasteiger partial charge in [-0.25, -0.2) is 0 Å². The van der Waals surface area contributed by atoms with Gasteiger partial charge in [-0.05, 0) is 39.0 Å². The van der Waals surface area contributed by atoms with Crippen molar-refractivity contribution in [2.75, 3.05) is 53.0 Å². The monoisotopic (exact) mass is 365 g/mol. The number of morpholine rings is 1. The Bertz CT molecular complexity index is 451. The van der Waals surface area contributed by atoms with Gasteiger partial charge in [-0.3, -0.25) is 9.89 Å². The van der Waals surface area contributed by atoms with E-state index < -0.39 is 0 Å². The fourth-order valence-corrected chi connectivity index (χ4v) is 4.82. The van der Waals surface area contributed by atoms with Gasteiger partial charge in [0.1, 0.15) is 0 Å². The number of hydrogen-bond donors (Lipinski definition) is 2. The molecule has 2 N–H and O–H groups in total. The smallest absolute Gasteiger partial charge is 0.191 e. The maximum Gasteiger partial charge on any atom is 0.191 e. The molecule has 3 fully saturated rings. The molecule has 6 heteroatoms. The molecule has 2 heterocycles. The second-order valence-corrected chi connectivity index (χ2v) is 8.50. The number of likely N-dealkylation sites (tertiary alicyclic amines) is 1. The lowest BCUT2D eigenvalue weighted by Crippen LogP contribution is -2.53. The SMILES string of the molecule is CN=C(NCC(C)N1CCOCC1C)NC1CCN(CC2CCCC2)C1. The Hall–Kier alpha value is -0.850. The lowest BCUT2D eigenvalue weighted by molar-refractivity contribution is -0.0174. The zero-order valence-electron chi connectivity index (χ0n) is 17.0. The normalized spacial score (nSPS) is 30.7. The summed E-state index contributed by atoms with van der Waals surface area (Å²) >= 11 is 0. The molecule has 0 aromatic carbocycles. The first-order valence-electron chi connectivity index (χ1n) is 10.7. The number of ether oxygens (including phenoxy) is 1. The topological polar surface area (TPSA) is 52.1 Å². The Labute approximate surface area is 159 Å². The molecule has 2 saturated heterocycles. The molecular weight excluding hydrogens is 326 g/mol. The number of aliphatic imine (C=N–C) groups is 1. The van der Waals surface area contributed by atoms with Crippen molar-refractivity contribution in [2.24, 2.45) is 10.9 Å². The quantitative estimate of drug-likeness (QED) is 0.552. The predicted octanol–water partition coefficient (Wildman–Crippen LogP) is 1.53. The van der Waals surface area contributed by atoms with Crippen LogP contribution in [0, 0.1) is 5.92 Å². The van der Waals surface area contributed by atoms with Crippen molar-refractivity contribution in [3.8, 4) is 0 Å². The average Bonchev–Trinajstić information content (AvgIpc) is 3.31. The Kier molecular flexibility index (Phi) is 7.58. The molecule has 150 valence electrons. The fraction of sp³-hybridized carbons (Fsp3) is 0.950. The van der Waals surface area contributed by atoms with Crippen LogP contribution in [0.15, 0.2) is 4.99 Å². The van der Waals surface area contributed by atoms with Crippen molar-refractivity contribution in [1.82, 2.24) is 20.4 Å². The maximum absolute atomic E-state index is 5.55. The molecular formula is C20H39N5O. The van der Waals surface area contributed by atoms with E-state index in [4.69, 9.17) is 4.74 Å². The van der Waals surface area contributed by atoms with Crippen molar-refractivity contribution in [3.63, 3.8) is 0 Å².